The Morgan fingerprint density at radius 2 is 1.65 bits per heavy atom. The molecule has 2 nitrogen and oxygen atoms in total. The van der Waals surface area contributed by atoms with Gasteiger partial charge in [0.2, 0.25) is 0 Å². The minimum absolute atomic E-state index is 0.439. The smallest absolute Gasteiger partial charge is 0.106 e. The Labute approximate surface area is 126 Å². The minimum Gasteiger partial charge on any atom is -0.389 e. The fraction of sp³-hybridized carbons (Fsp3) is 0.235. The Kier molecular flexibility index (Phi) is 4.74. The van der Waals surface area contributed by atoms with Gasteiger partial charge in [0.25, 0.3) is 0 Å². The molecule has 0 aliphatic heterocycles. The van der Waals surface area contributed by atoms with Crippen molar-refractivity contribution in [1.29, 1.82) is 0 Å². The zero-order chi connectivity index (χ0) is 14.5. The van der Waals surface area contributed by atoms with Gasteiger partial charge < -0.3 is 10.6 Å². The van der Waals surface area contributed by atoms with E-state index in [1.807, 2.05) is 18.2 Å². The van der Waals surface area contributed by atoms with Crippen LogP contribution in [0.15, 0.2) is 48.5 Å². The number of thiocarbonyl (C=S) groups is 1. The van der Waals surface area contributed by atoms with E-state index in [0.29, 0.717) is 4.99 Å². The number of hydrogen-bond donors (Lipinski definition) is 1. The lowest BCUT2D eigenvalue weighted by Crippen LogP contribution is -2.21. The molecule has 0 amide bonds. The number of nitrogens with zero attached hydrogens (tertiary/aromatic N) is 1. The predicted molar refractivity (Wildman–Crippen MR) is 90.3 cm³/mol. The van der Waals surface area contributed by atoms with Crippen molar-refractivity contribution in [2.45, 2.75) is 19.9 Å². The quantitative estimate of drug-likeness (QED) is 0.852. The summed E-state index contributed by atoms with van der Waals surface area (Å²) < 4.78 is 0. The number of para-hydroxylation sites is 1. The van der Waals surface area contributed by atoms with E-state index in [4.69, 9.17) is 18.0 Å². The van der Waals surface area contributed by atoms with E-state index in [0.717, 1.165) is 24.2 Å². The Hall–Kier alpha value is -1.87. The highest BCUT2D eigenvalue weighted by Gasteiger charge is 2.09. The average molecular weight is 284 g/mol. The van der Waals surface area contributed by atoms with E-state index < -0.39 is 0 Å². The molecule has 2 N–H and O–H groups in total. The third-order valence-electron chi connectivity index (χ3n) is 3.43. The number of nitrogens with two attached hydrogens (primary N) is 1. The molecule has 2 rings (SSSR count). The summed E-state index contributed by atoms with van der Waals surface area (Å²) in [4.78, 5) is 2.61. The fourth-order valence-electron chi connectivity index (χ4n) is 2.25. The van der Waals surface area contributed by atoms with Crippen LogP contribution in [0.3, 0.4) is 0 Å². The number of hydrogen-bond acceptors (Lipinski definition) is 2. The number of rotatable bonds is 5. The van der Waals surface area contributed by atoms with Crippen LogP contribution in [-0.2, 0) is 13.0 Å². The van der Waals surface area contributed by atoms with Crippen molar-refractivity contribution in [2.75, 3.05) is 11.9 Å². The molecule has 0 aromatic heterocycles. The van der Waals surface area contributed by atoms with Gasteiger partial charge in [0.05, 0.1) is 0 Å². The van der Waals surface area contributed by atoms with Crippen LogP contribution in [0.1, 0.15) is 23.6 Å². The molecule has 2 aromatic carbocycles. The highest BCUT2D eigenvalue weighted by atomic mass is 32.1. The molecule has 104 valence electrons. The molecule has 0 radical (unpaired) electrons. The number of aryl methyl sites for hydroxylation is 1. The van der Waals surface area contributed by atoms with Crippen LogP contribution in [0.5, 0.6) is 0 Å². The minimum atomic E-state index is 0.439. The lowest BCUT2D eigenvalue weighted by molar-refractivity contribution is 0.920. The summed E-state index contributed by atoms with van der Waals surface area (Å²) in [5, 5.41) is 0. The molecule has 0 unspecified atom stereocenters. The maximum absolute atomic E-state index is 5.79. The lowest BCUT2D eigenvalue weighted by atomic mass is 10.1. The van der Waals surface area contributed by atoms with Gasteiger partial charge in [-0.25, -0.2) is 0 Å². The van der Waals surface area contributed by atoms with Crippen molar-refractivity contribution in [3.8, 4) is 0 Å². The van der Waals surface area contributed by atoms with Crippen LogP contribution in [0.2, 0.25) is 0 Å². The second-order valence-corrected chi connectivity index (χ2v) is 5.35. The molecule has 0 fully saturated rings. The van der Waals surface area contributed by atoms with Gasteiger partial charge in [0.1, 0.15) is 4.99 Å². The highest BCUT2D eigenvalue weighted by Crippen LogP contribution is 2.21. The maximum atomic E-state index is 5.79. The molecule has 2 aromatic rings. The molecule has 0 bridgehead atoms. The zero-order valence-electron chi connectivity index (χ0n) is 12.0. The van der Waals surface area contributed by atoms with Crippen molar-refractivity contribution in [2.24, 2.45) is 5.73 Å². The largest absolute Gasteiger partial charge is 0.389 e. The maximum Gasteiger partial charge on any atom is 0.106 e. The molecule has 0 spiro atoms. The second-order valence-electron chi connectivity index (χ2n) is 4.91. The van der Waals surface area contributed by atoms with Gasteiger partial charge in [-0.05, 0) is 29.7 Å². The van der Waals surface area contributed by atoms with Crippen molar-refractivity contribution in [1.82, 2.24) is 0 Å². The Morgan fingerprint density at radius 1 is 1.05 bits per heavy atom. The van der Waals surface area contributed by atoms with E-state index in [-0.39, 0.29) is 0 Å². The summed E-state index contributed by atoms with van der Waals surface area (Å²) in [6.45, 7) is 3.00. The van der Waals surface area contributed by atoms with Gasteiger partial charge in [-0.2, -0.15) is 0 Å². The molecule has 0 atom stereocenters. The summed E-state index contributed by atoms with van der Waals surface area (Å²) >= 11 is 5.12. The SMILES string of the molecule is CCc1ccc(CN(C)c2ccccc2C(N)=S)cc1. The van der Waals surface area contributed by atoms with E-state index in [1.54, 1.807) is 0 Å². The molecule has 0 saturated heterocycles. The van der Waals surface area contributed by atoms with E-state index in [2.05, 4.69) is 49.2 Å². The molecular weight excluding hydrogens is 264 g/mol. The molecule has 0 saturated carbocycles. The van der Waals surface area contributed by atoms with Crippen LogP contribution < -0.4 is 10.6 Å². The molecule has 0 heterocycles. The predicted octanol–water partition coefficient (Wildman–Crippen LogP) is 3.52. The van der Waals surface area contributed by atoms with E-state index >= 15 is 0 Å². The van der Waals surface area contributed by atoms with Crippen LogP contribution >= 0.6 is 12.2 Å². The van der Waals surface area contributed by atoms with Crippen LogP contribution in [-0.4, -0.2) is 12.0 Å². The van der Waals surface area contributed by atoms with Gasteiger partial charge in [0.15, 0.2) is 0 Å². The summed E-state index contributed by atoms with van der Waals surface area (Å²) in [7, 11) is 2.06. The topological polar surface area (TPSA) is 29.3 Å². The van der Waals surface area contributed by atoms with Gasteiger partial charge in [-0.15, -0.1) is 0 Å². The van der Waals surface area contributed by atoms with Gasteiger partial charge in [-0.1, -0.05) is 55.5 Å². The van der Waals surface area contributed by atoms with Crippen LogP contribution in [0.4, 0.5) is 5.69 Å². The summed E-state index contributed by atoms with van der Waals surface area (Å²) in [5.41, 5.74) is 10.4. The van der Waals surface area contributed by atoms with Crippen molar-refractivity contribution >= 4 is 22.9 Å². The molecule has 3 heteroatoms. The van der Waals surface area contributed by atoms with Crippen LogP contribution in [0.25, 0.3) is 0 Å². The second kappa shape index (κ2) is 6.53. The van der Waals surface area contributed by atoms with Crippen molar-refractivity contribution in [3.63, 3.8) is 0 Å². The highest BCUT2D eigenvalue weighted by molar-refractivity contribution is 7.80. The molecule has 0 aliphatic carbocycles. The summed E-state index contributed by atoms with van der Waals surface area (Å²) in [5.74, 6) is 0. The standard InChI is InChI=1S/C17H20N2S/c1-3-13-8-10-14(11-9-13)12-19(2)16-7-5-4-6-15(16)17(18)20/h4-11H,3,12H2,1-2H3,(H2,18,20). The third-order valence-corrected chi connectivity index (χ3v) is 3.65. The first kappa shape index (κ1) is 14.5. The first-order valence-electron chi connectivity index (χ1n) is 6.79. The zero-order valence-corrected chi connectivity index (χ0v) is 12.8. The number of anilines is 1. The number of benzene rings is 2. The monoisotopic (exact) mass is 284 g/mol. The average Bonchev–Trinajstić information content (AvgIpc) is 2.48. The Bertz CT molecular complexity index is 590. The van der Waals surface area contributed by atoms with Gasteiger partial charge in [0, 0.05) is 24.8 Å². The fourth-order valence-corrected chi connectivity index (χ4v) is 2.43. The molecule has 20 heavy (non-hydrogen) atoms. The van der Waals surface area contributed by atoms with E-state index in [1.165, 1.54) is 11.1 Å². The van der Waals surface area contributed by atoms with E-state index in [9.17, 15) is 0 Å². The van der Waals surface area contributed by atoms with Crippen LogP contribution in [0, 0.1) is 0 Å². The first-order valence-corrected chi connectivity index (χ1v) is 7.20. The first-order chi connectivity index (χ1) is 9.61. The molecular formula is C17H20N2S. The Balaban J connectivity index is 2.19. The summed E-state index contributed by atoms with van der Waals surface area (Å²) in [6.07, 6.45) is 1.07. The van der Waals surface area contributed by atoms with Crippen molar-refractivity contribution in [3.05, 3.63) is 65.2 Å². The normalized spacial score (nSPS) is 10.3. The molecule has 0 aliphatic rings. The van der Waals surface area contributed by atoms with Crippen molar-refractivity contribution < 1.29 is 0 Å². The summed E-state index contributed by atoms with van der Waals surface area (Å²) in [6, 6.07) is 16.7. The Morgan fingerprint density at radius 3 is 2.25 bits per heavy atom. The van der Waals surface area contributed by atoms with Gasteiger partial charge in [-0.3, -0.25) is 0 Å². The third kappa shape index (κ3) is 3.36. The lowest BCUT2D eigenvalue weighted by Gasteiger charge is -2.22. The van der Waals surface area contributed by atoms with Gasteiger partial charge >= 0.3 is 0 Å².